The normalized spacial score (nSPS) is 16.0. The molecule has 0 saturated heterocycles. The topological polar surface area (TPSA) is 41.5 Å². The summed E-state index contributed by atoms with van der Waals surface area (Å²) in [6, 6.07) is 15.8. The van der Waals surface area contributed by atoms with E-state index in [4.69, 9.17) is 0 Å². The maximum atomic E-state index is 12.1. The standard InChI is InChI=1S/C18H16N2O/c1-12-8-9-13(2)15(10-12)11-16-18(21)20-17(19-16)14-6-4-3-5-7-14/h3-11H,1-2H3,(H,19,20,21)/b16-11+. The molecule has 1 heterocycles. The van der Waals surface area contributed by atoms with Crippen molar-refractivity contribution in [2.24, 2.45) is 4.99 Å². The second-order valence-electron chi connectivity index (χ2n) is 5.17. The molecule has 1 aliphatic rings. The number of aliphatic imine (C=N–C) groups is 1. The summed E-state index contributed by atoms with van der Waals surface area (Å²) in [6.07, 6.45) is 1.84. The molecule has 0 spiro atoms. The van der Waals surface area contributed by atoms with Crippen molar-refractivity contribution in [1.29, 1.82) is 0 Å². The molecule has 0 atom stereocenters. The lowest BCUT2D eigenvalue weighted by Crippen LogP contribution is -2.24. The Bertz CT molecular complexity index is 758. The van der Waals surface area contributed by atoms with Crippen LogP contribution in [0, 0.1) is 13.8 Å². The van der Waals surface area contributed by atoms with Gasteiger partial charge in [-0.3, -0.25) is 4.79 Å². The summed E-state index contributed by atoms with van der Waals surface area (Å²) in [5.74, 6) is 0.451. The first-order valence-electron chi connectivity index (χ1n) is 6.88. The highest BCUT2D eigenvalue weighted by atomic mass is 16.2. The van der Waals surface area contributed by atoms with Gasteiger partial charge in [-0.25, -0.2) is 4.99 Å². The molecular weight excluding hydrogens is 260 g/mol. The van der Waals surface area contributed by atoms with Crippen molar-refractivity contribution in [2.45, 2.75) is 13.8 Å². The third-order valence-corrected chi connectivity index (χ3v) is 3.47. The molecule has 3 nitrogen and oxygen atoms in total. The monoisotopic (exact) mass is 276 g/mol. The summed E-state index contributed by atoms with van der Waals surface area (Å²) in [5, 5.41) is 2.82. The van der Waals surface area contributed by atoms with E-state index in [1.165, 1.54) is 0 Å². The van der Waals surface area contributed by atoms with Gasteiger partial charge in [-0.1, -0.05) is 54.1 Å². The van der Waals surface area contributed by atoms with Gasteiger partial charge in [-0.2, -0.15) is 0 Å². The van der Waals surface area contributed by atoms with E-state index < -0.39 is 0 Å². The highest BCUT2D eigenvalue weighted by molar-refractivity contribution is 6.19. The summed E-state index contributed by atoms with van der Waals surface area (Å²) >= 11 is 0. The number of nitrogens with zero attached hydrogens (tertiary/aromatic N) is 1. The van der Waals surface area contributed by atoms with Crippen LogP contribution in [0.4, 0.5) is 0 Å². The molecule has 0 aliphatic carbocycles. The Labute approximate surface area is 124 Å². The number of carbonyl (C=O) groups is 1. The molecule has 2 aromatic carbocycles. The van der Waals surface area contributed by atoms with Crippen LogP contribution < -0.4 is 5.32 Å². The Morgan fingerprint density at radius 2 is 1.81 bits per heavy atom. The van der Waals surface area contributed by atoms with Crippen LogP contribution in [0.5, 0.6) is 0 Å². The first-order chi connectivity index (χ1) is 10.1. The zero-order valence-corrected chi connectivity index (χ0v) is 12.1. The lowest BCUT2D eigenvalue weighted by atomic mass is 10.0. The number of rotatable bonds is 2. The molecule has 0 aromatic heterocycles. The lowest BCUT2D eigenvalue weighted by molar-refractivity contribution is -0.115. The van der Waals surface area contributed by atoms with Crippen LogP contribution in [0.2, 0.25) is 0 Å². The van der Waals surface area contributed by atoms with Crippen LogP contribution in [0.25, 0.3) is 6.08 Å². The minimum absolute atomic E-state index is 0.158. The predicted molar refractivity (Wildman–Crippen MR) is 85.0 cm³/mol. The van der Waals surface area contributed by atoms with Crippen LogP contribution in [0.15, 0.2) is 59.2 Å². The second-order valence-corrected chi connectivity index (χ2v) is 5.17. The van der Waals surface area contributed by atoms with Crippen molar-refractivity contribution in [3.8, 4) is 0 Å². The molecule has 0 saturated carbocycles. The van der Waals surface area contributed by atoms with Gasteiger partial charge in [0, 0.05) is 5.56 Å². The van der Waals surface area contributed by atoms with Crippen LogP contribution in [0.1, 0.15) is 22.3 Å². The van der Waals surface area contributed by atoms with Gasteiger partial charge in [-0.15, -0.1) is 0 Å². The average molecular weight is 276 g/mol. The summed E-state index contributed by atoms with van der Waals surface area (Å²) < 4.78 is 0. The van der Waals surface area contributed by atoms with Crippen LogP contribution in [-0.2, 0) is 4.79 Å². The molecule has 21 heavy (non-hydrogen) atoms. The molecule has 0 bridgehead atoms. The maximum absolute atomic E-state index is 12.1. The largest absolute Gasteiger partial charge is 0.305 e. The number of benzene rings is 2. The first kappa shape index (κ1) is 13.3. The fourth-order valence-corrected chi connectivity index (χ4v) is 2.26. The number of amidine groups is 1. The Hall–Kier alpha value is -2.68. The van der Waals surface area contributed by atoms with E-state index in [-0.39, 0.29) is 5.91 Å². The molecule has 0 unspecified atom stereocenters. The summed E-state index contributed by atoms with van der Waals surface area (Å²) in [7, 11) is 0. The molecule has 1 aliphatic heterocycles. The van der Waals surface area contributed by atoms with Crippen molar-refractivity contribution in [3.05, 3.63) is 76.5 Å². The number of nitrogens with one attached hydrogen (secondary N) is 1. The van der Waals surface area contributed by atoms with Crippen LogP contribution in [-0.4, -0.2) is 11.7 Å². The predicted octanol–water partition coefficient (Wildman–Crippen LogP) is 3.22. The third kappa shape index (κ3) is 2.77. The molecule has 3 heteroatoms. The lowest BCUT2D eigenvalue weighted by Gasteiger charge is -2.02. The molecule has 1 amide bonds. The molecule has 2 aromatic rings. The van der Waals surface area contributed by atoms with Crippen LogP contribution in [0.3, 0.4) is 0 Å². The zero-order valence-electron chi connectivity index (χ0n) is 12.1. The molecule has 0 radical (unpaired) electrons. The fourth-order valence-electron chi connectivity index (χ4n) is 2.26. The van der Waals surface area contributed by atoms with E-state index in [2.05, 4.69) is 28.5 Å². The molecule has 104 valence electrons. The molecular formula is C18H16N2O. The zero-order chi connectivity index (χ0) is 14.8. The highest BCUT2D eigenvalue weighted by Gasteiger charge is 2.20. The van der Waals surface area contributed by atoms with E-state index >= 15 is 0 Å². The Kier molecular flexibility index (Phi) is 3.40. The van der Waals surface area contributed by atoms with Gasteiger partial charge < -0.3 is 5.32 Å². The summed E-state index contributed by atoms with van der Waals surface area (Å²) in [5.41, 5.74) is 4.68. The Morgan fingerprint density at radius 1 is 1.05 bits per heavy atom. The van der Waals surface area contributed by atoms with E-state index in [1.54, 1.807) is 0 Å². The fraction of sp³-hybridized carbons (Fsp3) is 0.111. The van der Waals surface area contributed by atoms with Crippen molar-refractivity contribution >= 4 is 17.8 Å². The van der Waals surface area contributed by atoms with Gasteiger partial charge in [0.2, 0.25) is 0 Å². The first-order valence-corrected chi connectivity index (χ1v) is 6.88. The minimum Gasteiger partial charge on any atom is -0.305 e. The van der Waals surface area contributed by atoms with E-state index in [9.17, 15) is 4.79 Å². The number of carbonyl (C=O) groups excluding carboxylic acids is 1. The van der Waals surface area contributed by atoms with Crippen molar-refractivity contribution < 1.29 is 4.79 Å². The summed E-state index contributed by atoms with van der Waals surface area (Å²) in [6.45, 7) is 4.06. The number of amides is 1. The quantitative estimate of drug-likeness (QED) is 0.841. The van der Waals surface area contributed by atoms with Gasteiger partial charge in [0.25, 0.3) is 5.91 Å². The number of aryl methyl sites for hydroxylation is 2. The van der Waals surface area contributed by atoms with E-state index in [0.717, 1.165) is 22.3 Å². The Balaban J connectivity index is 1.99. The summed E-state index contributed by atoms with van der Waals surface area (Å²) in [4.78, 5) is 16.5. The van der Waals surface area contributed by atoms with Gasteiger partial charge in [0.05, 0.1) is 0 Å². The van der Waals surface area contributed by atoms with Gasteiger partial charge in [0.1, 0.15) is 11.5 Å². The van der Waals surface area contributed by atoms with Gasteiger partial charge >= 0.3 is 0 Å². The number of hydrogen-bond donors (Lipinski definition) is 1. The molecule has 3 rings (SSSR count). The minimum atomic E-state index is -0.158. The number of hydrogen-bond acceptors (Lipinski definition) is 2. The molecule has 1 N–H and O–H groups in total. The Morgan fingerprint density at radius 3 is 2.57 bits per heavy atom. The van der Waals surface area contributed by atoms with Crippen LogP contribution >= 0.6 is 0 Å². The second kappa shape index (κ2) is 5.37. The average Bonchev–Trinajstić information content (AvgIpc) is 2.85. The molecule has 0 fully saturated rings. The van der Waals surface area contributed by atoms with Gasteiger partial charge in [0.15, 0.2) is 0 Å². The third-order valence-electron chi connectivity index (χ3n) is 3.47. The maximum Gasteiger partial charge on any atom is 0.275 e. The van der Waals surface area contributed by atoms with E-state index in [0.29, 0.717) is 11.5 Å². The van der Waals surface area contributed by atoms with Crippen molar-refractivity contribution in [2.75, 3.05) is 0 Å². The SMILES string of the molecule is Cc1ccc(C)c(/C=C2/N=C(c3ccccc3)NC2=O)c1. The highest BCUT2D eigenvalue weighted by Crippen LogP contribution is 2.18. The smallest absolute Gasteiger partial charge is 0.275 e. The van der Waals surface area contributed by atoms with Crippen molar-refractivity contribution in [1.82, 2.24) is 5.32 Å². The van der Waals surface area contributed by atoms with Crippen molar-refractivity contribution in [3.63, 3.8) is 0 Å². The van der Waals surface area contributed by atoms with E-state index in [1.807, 2.05) is 50.3 Å². The van der Waals surface area contributed by atoms with Gasteiger partial charge in [-0.05, 0) is 31.1 Å².